The number of benzene rings is 1. The monoisotopic (exact) mass is 296 g/mol. The fraction of sp³-hybridized carbons (Fsp3) is 0.562. The second-order valence-electron chi connectivity index (χ2n) is 5.37. The third-order valence-corrected chi connectivity index (χ3v) is 3.37. The number of methoxy groups -OCH3 is 1. The highest BCUT2D eigenvalue weighted by Gasteiger charge is 2.21. The molecule has 4 nitrogen and oxygen atoms in total. The van der Waals surface area contributed by atoms with E-state index >= 15 is 0 Å². The van der Waals surface area contributed by atoms with Gasteiger partial charge in [0.1, 0.15) is 0 Å². The van der Waals surface area contributed by atoms with Gasteiger partial charge in [-0.05, 0) is 45.0 Å². The quantitative estimate of drug-likeness (QED) is 0.841. The number of rotatable bonds is 7. The van der Waals surface area contributed by atoms with Crippen molar-refractivity contribution in [2.24, 2.45) is 0 Å². The molecular weight excluding hydrogens is 271 g/mol. The number of nitrogens with one attached hydrogen (secondary N) is 1. The number of carbonyl (C=O) groups excluding carboxylic acids is 1. The minimum absolute atomic E-state index is 0.0131. The molecular formula is C16H25FN2O2. The van der Waals surface area contributed by atoms with Crippen molar-refractivity contribution >= 4 is 5.91 Å². The van der Waals surface area contributed by atoms with Crippen LogP contribution in [0, 0.1) is 5.82 Å². The molecule has 0 aliphatic rings. The van der Waals surface area contributed by atoms with Crippen molar-refractivity contribution in [1.82, 2.24) is 10.2 Å². The molecule has 1 aromatic carbocycles. The van der Waals surface area contributed by atoms with Crippen LogP contribution < -0.4 is 10.1 Å². The topological polar surface area (TPSA) is 41.6 Å². The number of nitrogens with zero attached hydrogens (tertiary/aromatic N) is 1. The van der Waals surface area contributed by atoms with Crippen LogP contribution in [0.15, 0.2) is 18.2 Å². The van der Waals surface area contributed by atoms with E-state index in [2.05, 4.69) is 5.32 Å². The van der Waals surface area contributed by atoms with Crippen LogP contribution in [0.2, 0.25) is 0 Å². The fourth-order valence-corrected chi connectivity index (χ4v) is 2.14. The van der Waals surface area contributed by atoms with Gasteiger partial charge in [0.2, 0.25) is 5.91 Å². The molecule has 0 aromatic heterocycles. The van der Waals surface area contributed by atoms with Crippen molar-refractivity contribution in [3.8, 4) is 5.75 Å². The van der Waals surface area contributed by atoms with Crippen molar-refractivity contribution in [2.75, 3.05) is 13.7 Å². The van der Waals surface area contributed by atoms with E-state index in [1.54, 1.807) is 6.07 Å². The Morgan fingerprint density at radius 3 is 2.52 bits per heavy atom. The summed E-state index contributed by atoms with van der Waals surface area (Å²) < 4.78 is 18.6. The lowest BCUT2D eigenvalue weighted by atomic mass is 10.1. The Hall–Kier alpha value is -1.62. The Morgan fingerprint density at radius 1 is 1.38 bits per heavy atom. The van der Waals surface area contributed by atoms with Crippen LogP contribution in [0.25, 0.3) is 0 Å². The summed E-state index contributed by atoms with van der Waals surface area (Å²) in [6.07, 6.45) is 0. The molecule has 0 unspecified atom stereocenters. The molecule has 0 saturated heterocycles. The van der Waals surface area contributed by atoms with E-state index in [9.17, 15) is 9.18 Å². The van der Waals surface area contributed by atoms with Crippen molar-refractivity contribution < 1.29 is 13.9 Å². The first-order valence-electron chi connectivity index (χ1n) is 7.25. The molecule has 118 valence electrons. The van der Waals surface area contributed by atoms with Crippen LogP contribution in [-0.4, -0.2) is 36.5 Å². The lowest BCUT2D eigenvalue weighted by molar-refractivity contribution is -0.126. The van der Waals surface area contributed by atoms with Crippen molar-refractivity contribution in [3.63, 3.8) is 0 Å². The maximum atomic E-state index is 13.7. The van der Waals surface area contributed by atoms with E-state index in [4.69, 9.17) is 4.74 Å². The van der Waals surface area contributed by atoms with Gasteiger partial charge >= 0.3 is 0 Å². The Bertz CT molecular complexity index is 477. The number of halogens is 1. The smallest absolute Gasteiger partial charge is 0.237 e. The molecule has 1 atom stereocenters. The van der Waals surface area contributed by atoms with E-state index in [1.165, 1.54) is 13.2 Å². The number of hydrogen-bond acceptors (Lipinski definition) is 3. The molecule has 21 heavy (non-hydrogen) atoms. The van der Waals surface area contributed by atoms with Crippen LogP contribution in [0.1, 0.15) is 33.3 Å². The zero-order chi connectivity index (χ0) is 16.0. The largest absolute Gasteiger partial charge is 0.494 e. The average molecular weight is 296 g/mol. The molecule has 0 fully saturated rings. The van der Waals surface area contributed by atoms with E-state index in [0.717, 1.165) is 5.56 Å². The number of hydrogen-bond donors (Lipinski definition) is 1. The third-order valence-electron chi connectivity index (χ3n) is 3.37. The molecule has 0 radical (unpaired) electrons. The summed E-state index contributed by atoms with van der Waals surface area (Å²) in [5, 5.41) is 2.90. The second-order valence-corrected chi connectivity index (χ2v) is 5.37. The van der Waals surface area contributed by atoms with Gasteiger partial charge < -0.3 is 10.1 Å². The third kappa shape index (κ3) is 5.01. The van der Waals surface area contributed by atoms with E-state index in [0.29, 0.717) is 13.1 Å². The Balaban J connectivity index is 2.77. The van der Waals surface area contributed by atoms with Gasteiger partial charge in [-0.25, -0.2) is 4.39 Å². The van der Waals surface area contributed by atoms with Crippen LogP contribution in [0.3, 0.4) is 0 Å². The van der Waals surface area contributed by atoms with Crippen molar-refractivity contribution in [2.45, 2.75) is 46.3 Å². The Labute approximate surface area is 126 Å². The molecule has 0 aliphatic heterocycles. The summed E-state index contributed by atoms with van der Waals surface area (Å²) in [7, 11) is 1.44. The lowest BCUT2D eigenvalue weighted by Gasteiger charge is -2.27. The number of ether oxygens (including phenoxy) is 1. The van der Waals surface area contributed by atoms with Gasteiger partial charge in [-0.2, -0.15) is 0 Å². The zero-order valence-corrected chi connectivity index (χ0v) is 13.4. The minimum Gasteiger partial charge on any atom is -0.494 e. The van der Waals surface area contributed by atoms with E-state index in [-0.39, 0.29) is 29.6 Å². The summed E-state index contributed by atoms with van der Waals surface area (Å²) in [6, 6.07) is 4.73. The van der Waals surface area contributed by atoms with Gasteiger partial charge in [0.15, 0.2) is 11.6 Å². The second kappa shape index (κ2) is 7.98. The average Bonchev–Trinajstić information content (AvgIpc) is 2.43. The standard InChI is InChI=1S/C16H25FN2O2/c1-6-19(12(4)16(20)18-11(2)3)10-13-7-8-15(21-5)14(17)9-13/h7-9,11-12H,6,10H2,1-5H3,(H,18,20)/t12-/m0/s1. The molecule has 1 aromatic rings. The first-order chi connectivity index (χ1) is 9.88. The summed E-state index contributed by atoms with van der Waals surface area (Å²) >= 11 is 0. The van der Waals surface area contributed by atoms with Gasteiger partial charge in [-0.15, -0.1) is 0 Å². The van der Waals surface area contributed by atoms with E-state index < -0.39 is 0 Å². The molecule has 0 aliphatic carbocycles. The maximum Gasteiger partial charge on any atom is 0.237 e. The first kappa shape index (κ1) is 17.4. The number of likely N-dealkylation sites (N-methyl/N-ethyl adjacent to an activating group) is 1. The molecule has 0 saturated carbocycles. The summed E-state index contributed by atoms with van der Waals surface area (Å²) in [6.45, 7) is 8.93. The van der Waals surface area contributed by atoms with Crippen LogP contribution in [-0.2, 0) is 11.3 Å². The SMILES string of the molecule is CCN(Cc1ccc(OC)c(F)c1)[C@@H](C)C(=O)NC(C)C. The first-order valence-corrected chi connectivity index (χ1v) is 7.25. The highest BCUT2D eigenvalue weighted by Crippen LogP contribution is 2.19. The zero-order valence-electron chi connectivity index (χ0n) is 13.4. The number of amides is 1. The molecule has 0 heterocycles. The molecule has 1 amide bonds. The molecule has 1 N–H and O–H groups in total. The van der Waals surface area contributed by atoms with Crippen LogP contribution >= 0.6 is 0 Å². The lowest BCUT2D eigenvalue weighted by Crippen LogP contribution is -2.46. The Kier molecular flexibility index (Phi) is 6.62. The molecule has 1 rings (SSSR count). The molecule has 0 spiro atoms. The van der Waals surface area contributed by atoms with E-state index in [1.807, 2.05) is 38.7 Å². The number of carbonyl (C=O) groups is 1. The predicted octanol–water partition coefficient (Wildman–Crippen LogP) is 2.57. The summed E-state index contributed by atoms with van der Waals surface area (Å²) in [4.78, 5) is 14.1. The van der Waals surface area contributed by atoms with Gasteiger partial charge in [-0.1, -0.05) is 13.0 Å². The normalized spacial score (nSPS) is 12.6. The van der Waals surface area contributed by atoms with Crippen molar-refractivity contribution in [1.29, 1.82) is 0 Å². The maximum absolute atomic E-state index is 13.7. The van der Waals surface area contributed by atoms with Gasteiger partial charge in [0.05, 0.1) is 13.2 Å². The molecule has 0 bridgehead atoms. The summed E-state index contributed by atoms with van der Waals surface area (Å²) in [5.74, 6) is -0.168. The fourth-order valence-electron chi connectivity index (χ4n) is 2.14. The van der Waals surface area contributed by atoms with Crippen LogP contribution in [0.5, 0.6) is 5.75 Å². The van der Waals surface area contributed by atoms with Gasteiger partial charge in [0.25, 0.3) is 0 Å². The minimum atomic E-state index is -0.384. The highest BCUT2D eigenvalue weighted by molar-refractivity contribution is 5.81. The predicted molar refractivity (Wildman–Crippen MR) is 81.8 cm³/mol. The van der Waals surface area contributed by atoms with Crippen LogP contribution in [0.4, 0.5) is 4.39 Å². The van der Waals surface area contributed by atoms with Gasteiger partial charge in [-0.3, -0.25) is 9.69 Å². The highest BCUT2D eigenvalue weighted by atomic mass is 19.1. The van der Waals surface area contributed by atoms with Crippen molar-refractivity contribution in [3.05, 3.63) is 29.6 Å². The summed E-state index contributed by atoms with van der Waals surface area (Å²) in [5.41, 5.74) is 0.819. The molecule has 5 heteroatoms. The Morgan fingerprint density at radius 2 is 2.05 bits per heavy atom. The van der Waals surface area contributed by atoms with Gasteiger partial charge in [0, 0.05) is 12.6 Å².